The Balaban J connectivity index is 2.09. The van der Waals surface area contributed by atoms with Crippen LogP contribution in [0.5, 0.6) is 11.5 Å². The molecular weight excluding hydrogens is 272 g/mol. The van der Waals surface area contributed by atoms with E-state index in [0.717, 1.165) is 22.6 Å². The fourth-order valence-electron chi connectivity index (χ4n) is 1.87. The van der Waals surface area contributed by atoms with Crippen LogP contribution < -0.4 is 9.47 Å². The lowest BCUT2D eigenvalue weighted by Crippen LogP contribution is -2.00. The van der Waals surface area contributed by atoms with Crippen LogP contribution in [0.1, 0.15) is 23.6 Å². The van der Waals surface area contributed by atoms with Gasteiger partial charge in [0.25, 0.3) is 0 Å². The fourth-order valence-corrected chi connectivity index (χ4v) is 2.03. The lowest BCUT2D eigenvalue weighted by molar-refractivity contribution is 0.269. The Bertz CT molecular complexity index is 549. The van der Waals surface area contributed by atoms with Crippen LogP contribution in [0, 0.1) is 6.92 Å². The van der Waals surface area contributed by atoms with Gasteiger partial charge in [0.15, 0.2) is 11.5 Å². The van der Waals surface area contributed by atoms with Gasteiger partial charge in [-0.2, -0.15) is 0 Å². The standard InChI is InChI=1S/C17H19ClO2/c1-3-19-17-10-15(11-18)8-9-16(17)20-12-14-6-4-13(2)5-7-14/h4-10H,3,11-12H2,1-2H3. The zero-order valence-corrected chi connectivity index (χ0v) is 12.6. The van der Waals surface area contributed by atoms with Crippen LogP contribution in [-0.4, -0.2) is 6.61 Å². The van der Waals surface area contributed by atoms with E-state index in [2.05, 4.69) is 31.2 Å². The van der Waals surface area contributed by atoms with Crippen LogP contribution in [0.15, 0.2) is 42.5 Å². The Hall–Kier alpha value is -1.67. The molecule has 2 rings (SSSR count). The summed E-state index contributed by atoms with van der Waals surface area (Å²) in [5.74, 6) is 1.97. The molecule has 3 heteroatoms. The quantitative estimate of drug-likeness (QED) is 0.717. The highest BCUT2D eigenvalue weighted by Crippen LogP contribution is 2.29. The van der Waals surface area contributed by atoms with E-state index in [1.165, 1.54) is 5.56 Å². The van der Waals surface area contributed by atoms with Crippen molar-refractivity contribution in [1.29, 1.82) is 0 Å². The van der Waals surface area contributed by atoms with E-state index >= 15 is 0 Å². The lowest BCUT2D eigenvalue weighted by Gasteiger charge is -2.13. The summed E-state index contributed by atoms with van der Waals surface area (Å²) in [4.78, 5) is 0. The van der Waals surface area contributed by atoms with Crippen LogP contribution in [0.25, 0.3) is 0 Å². The molecule has 0 amide bonds. The summed E-state index contributed by atoms with van der Waals surface area (Å²) in [7, 11) is 0. The van der Waals surface area contributed by atoms with Gasteiger partial charge in [-0.3, -0.25) is 0 Å². The van der Waals surface area contributed by atoms with Crippen LogP contribution >= 0.6 is 11.6 Å². The van der Waals surface area contributed by atoms with Crippen molar-refractivity contribution >= 4 is 11.6 Å². The van der Waals surface area contributed by atoms with Gasteiger partial charge in [0.05, 0.1) is 6.61 Å². The van der Waals surface area contributed by atoms with Gasteiger partial charge in [0.1, 0.15) is 6.61 Å². The first kappa shape index (κ1) is 14.7. The van der Waals surface area contributed by atoms with E-state index in [-0.39, 0.29) is 0 Å². The summed E-state index contributed by atoms with van der Waals surface area (Å²) >= 11 is 5.84. The summed E-state index contributed by atoms with van der Waals surface area (Å²) < 4.78 is 11.5. The molecular formula is C17H19ClO2. The van der Waals surface area contributed by atoms with E-state index in [1.54, 1.807) is 0 Å². The number of halogens is 1. The van der Waals surface area contributed by atoms with Crippen molar-refractivity contribution in [3.8, 4) is 11.5 Å². The second kappa shape index (κ2) is 7.20. The van der Waals surface area contributed by atoms with Crippen molar-refractivity contribution in [2.24, 2.45) is 0 Å². The molecule has 2 aromatic rings. The van der Waals surface area contributed by atoms with Crippen molar-refractivity contribution in [3.63, 3.8) is 0 Å². The number of benzene rings is 2. The summed E-state index contributed by atoms with van der Waals surface area (Å²) in [6.45, 7) is 5.16. The first-order valence-corrected chi connectivity index (χ1v) is 7.26. The maximum atomic E-state index is 5.85. The van der Waals surface area contributed by atoms with Gasteiger partial charge in [-0.25, -0.2) is 0 Å². The molecule has 0 N–H and O–H groups in total. The summed E-state index contributed by atoms with van der Waals surface area (Å²) in [6.07, 6.45) is 0. The topological polar surface area (TPSA) is 18.5 Å². The van der Waals surface area contributed by atoms with Crippen molar-refractivity contribution < 1.29 is 9.47 Å². The number of hydrogen-bond donors (Lipinski definition) is 0. The highest BCUT2D eigenvalue weighted by molar-refractivity contribution is 6.17. The van der Waals surface area contributed by atoms with Crippen molar-refractivity contribution in [3.05, 3.63) is 59.2 Å². The lowest BCUT2D eigenvalue weighted by atomic mass is 10.2. The average Bonchev–Trinajstić information content (AvgIpc) is 2.48. The molecule has 0 aliphatic heterocycles. The molecule has 0 saturated carbocycles. The first-order valence-electron chi connectivity index (χ1n) is 6.73. The van der Waals surface area contributed by atoms with Crippen LogP contribution in [-0.2, 0) is 12.5 Å². The molecule has 0 fully saturated rings. The van der Waals surface area contributed by atoms with Gasteiger partial charge < -0.3 is 9.47 Å². The smallest absolute Gasteiger partial charge is 0.161 e. The zero-order chi connectivity index (χ0) is 14.4. The molecule has 0 radical (unpaired) electrons. The molecule has 0 aliphatic carbocycles. The van der Waals surface area contributed by atoms with Gasteiger partial charge in [0, 0.05) is 5.88 Å². The van der Waals surface area contributed by atoms with Gasteiger partial charge in [-0.15, -0.1) is 11.6 Å². The Morgan fingerprint density at radius 2 is 1.60 bits per heavy atom. The zero-order valence-electron chi connectivity index (χ0n) is 11.9. The number of alkyl halides is 1. The fraction of sp³-hybridized carbons (Fsp3) is 0.294. The van der Waals surface area contributed by atoms with E-state index in [9.17, 15) is 0 Å². The molecule has 0 spiro atoms. The van der Waals surface area contributed by atoms with E-state index in [0.29, 0.717) is 19.1 Å². The number of rotatable bonds is 6. The minimum atomic E-state index is 0.471. The van der Waals surface area contributed by atoms with Crippen LogP contribution in [0.2, 0.25) is 0 Å². The average molecular weight is 291 g/mol. The van der Waals surface area contributed by atoms with Gasteiger partial charge in [-0.1, -0.05) is 35.9 Å². The summed E-state index contributed by atoms with van der Waals surface area (Å²) in [5, 5.41) is 0. The monoisotopic (exact) mass is 290 g/mol. The molecule has 0 saturated heterocycles. The predicted octanol–water partition coefficient (Wildman–Crippen LogP) is 4.71. The molecule has 0 bridgehead atoms. The molecule has 2 aromatic carbocycles. The number of hydrogen-bond acceptors (Lipinski definition) is 2. The minimum absolute atomic E-state index is 0.471. The van der Waals surface area contributed by atoms with Crippen molar-refractivity contribution in [2.45, 2.75) is 26.3 Å². The van der Waals surface area contributed by atoms with Gasteiger partial charge in [-0.05, 0) is 37.1 Å². The maximum absolute atomic E-state index is 5.85. The third kappa shape index (κ3) is 3.91. The van der Waals surface area contributed by atoms with Crippen LogP contribution in [0.3, 0.4) is 0 Å². The highest BCUT2D eigenvalue weighted by atomic mass is 35.5. The Morgan fingerprint density at radius 3 is 2.25 bits per heavy atom. The van der Waals surface area contributed by atoms with E-state index in [1.807, 2.05) is 25.1 Å². The molecule has 0 unspecified atom stereocenters. The molecule has 0 heterocycles. The maximum Gasteiger partial charge on any atom is 0.161 e. The van der Waals surface area contributed by atoms with Gasteiger partial charge >= 0.3 is 0 Å². The summed E-state index contributed by atoms with van der Waals surface area (Å²) in [5.41, 5.74) is 3.41. The van der Waals surface area contributed by atoms with E-state index < -0.39 is 0 Å². The highest BCUT2D eigenvalue weighted by Gasteiger charge is 2.06. The SMILES string of the molecule is CCOc1cc(CCl)ccc1OCc1ccc(C)cc1. The Labute approximate surface area is 125 Å². The van der Waals surface area contributed by atoms with E-state index in [4.69, 9.17) is 21.1 Å². The van der Waals surface area contributed by atoms with Crippen molar-refractivity contribution in [2.75, 3.05) is 6.61 Å². The number of aryl methyl sites for hydroxylation is 1. The minimum Gasteiger partial charge on any atom is -0.490 e. The molecule has 0 aromatic heterocycles. The van der Waals surface area contributed by atoms with Crippen LogP contribution in [0.4, 0.5) is 0 Å². The molecule has 0 atom stereocenters. The molecule has 20 heavy (non-hydrogen) atoms. The molecule has 2 nitrogen and oxygen atoms in total. The van der Waals surface area contributed by atoms with Crippen molar-refractivity contribution in [1.82, 2.24) is 0 Å². The normalized spacial score (nSPS) is 10.3. The molecule has 0 aliphatic rings. The second-order valence-electron chi connectivity index (χ2n) is 4.62. The number of ether oxygens (including phenoxy) is 2. The molecule has 106 valence electrons. The largest absolute Gasteiger partial charge is 0.490 e. The third-order valence-corrected chi connectivity index (χ3v) is 3.29. The summed E-state index contributed by atoms with van der Waals surface area (Å²) in [6, 6.07) is 14.1. The Morgan fingerprint density at radius 1 is 0.900 bits per heavy atom. The predicted molar refractivity (Wildman–Crippen MR) is 82.7 cm³/mol. The third-order valence-electron chi connectivity index (χ3n) is 2.98. The Kier molecular flexibility index (Phi) is 5.31. The first-order chi connectivity index (χ1) is 9.72. The second-order valence-corrected chi connectivity index (χ2v) is 4.89. The van der Waals surface area contributed by atoms with Gasteiger partial charge in [0.2, 0.25) is 0 Å².